The topological polar surface area (TPSA) is 43.1 Å². The average molecular weight is 322 g/mol. The van der Waals surface area contributed by atoms with Gasteiger partial charge in [-0.25, -0.2) is 9.97 Å². The summed E-state index contributed by atoms with van der Waals surface area (Å²) in [6.07, 6.45) is 3.81. The van der Waals surface area contributed by atoms with Gasteiger partial charge in [-0.2, -0.15) is 0 Å². The lowest BCUT2D eigenvalue weighted by Gasteiger charge is -2.02. The SMILES string of the molecule is c1ccc(-c2nc(-c3cnc4ccccc4n3)n3ccccc23)cc1. The van der Waals surface area contributed by atoms with Crippen LogP contribution in [0.1, 0.15) is 0 Å². The van der Waals surface area contributed by atoms with Crippen molar-refractivity contribution in [1.29, 1.82) is 0 Å². The number of benzene rings is 2. The molecular weight excluding hydrogens is 308 g/mol. The first-order valence-corrected chi connectivity index (χ1v) is 8.15. The number of rotatable bonds is 2. The predicted molar refractivity (Wildman–Crippen MR) is 99.2 cm³/mol. The fourth-order valence-corrected chi connectivity index (χ4v) is 3.09. The Bertz CT molecular complexity index is 1190. The van der Waals surface area contributed by atoms with Crippen LogP contribution in [-0.2, 0) is 0 Å². The summed E-state index contributed by atoms with van der Waals surface area (Å²) in [6, 6.07) is 24.2. The Labute approximate surface area is 144 Å². The van der Waals surface area contributed by atoms with E-state index in [0.717, 1.165) is 39.3 Å². The maximum atomic E-state index is 4.90. The minimum atomic E-state index is 0.766. The van der Waals surface area contributed by atoms with E-state index >= 15 is 0 Å². The standard InChI is InChI=1S/C21H14N4/c1-2-8-15(9-3-1)20-19-12-6-7-13-25(19)21(24-20)18-14-22-16-10-4-5-11-17(16)23-18/h1-14H. The molecule has 0 aliphatic rings. The summed E-state index contributed by atoms with van der Waals surface area (Å²) in [4.78, 5) is 14.2. The molecule has 2 aromatic carbocycles. The van der Waals surface area contributed by atoms with Gasteiger partial charge in [0.05, 0.1) is 28.4 Å². The lowest BCUT2D eigenvalue weighted by molar-refractivity contribution is 1.13. The van der Waals surface area contributed by atoms with E-state index in [9.17, 15) is 0 Å². The zero-order valence-electron chi connectivity index (χ0n) is 13.4. The molecule has 0 fully saturated rings. The lowest BCUT2D eigenvalue weighted by Crippen LogP contribution is -1.93. The van der Waals surface area contributed by atoms with E-state index in [1.54, 1.807) is 6.20 Å². The van der Waals surface area contributed by atoms with E-state index in [-0.39, 0.29) is 0 Å². The molecule has 0 saturated carbocycles. The van der Waals surface area contributed by atoms with E-state index in [2.05, 4.69) is 27.6 Å². The van der Waals surface area contributed by atoms with Crippen molar-refractivity contribution < 1.29 is 0 Å². The molecule has 0 unspecified atom stereocenters. The van der Waals surface area contributed by atoms with Crippen molar-refractivity contribution in [2.24, 2.45) is 0 Å². The van der Waals surface area contributed by atoms with Gasteiger partial charge in [0.2, 0.25) is 0 Å². The molecule has 0 radical (unpaired) electrons. The zero-order valence-corrected chi connectivity index (χ0v) is 13.4. The van der Waals surface area contributed by atoms with Gasteiger partial charge >= 0.3 is 0 Å². The number of fused-ring (bicyclic) bond motifs is 2. The van der Waals surface area contributed by atoms with E-state index in [1.165, 1.54) is 0 Å². The molecule has 0 spiro atoms. The molecule has 4 heteroatoms. The number of hydrogen-bond donors (Lipinski definition) is 0. The van der Waals surface area contributed by atoms with Crippen molar-refractivity contribution in [3.63, 3.8) is 0 Å². The molecule has 0 aliphatic carbocycles. The maximum Gasteiger partial charge on any atom is 0.165 e. The summed E-state index contributed by atoms with van der Waals surface area (Å²) in [5, 5.41) is 0. The van der Waals surface area contributed by atoms with Gasteiger partial charge in [-0.05, 0) is 24.3 Å². The largest absolute Gasteiger partial charge is 0.298 e. The number of nitrogens with zero attached hydrogens (tertiary/aromatic N) is 4. The lowest BCUT2D eigenvalue weighted by atomic mass is 10.1. The third-order valence-corrected chi connectivity index (χ3v) is 4.27. The van der Waals surface area contributed by atoms with Crippen molar-refractivity contribution in [2.75, 3.05) is 0 Å². The van der Waals surface area contributed by atoms with Crippen molar-refractivity contribution in [3.8, 4) is 22.8 Å². The Morgan fingerprint density at radius 3 is 2.32 bits per heavy atom. The highest BCUT2D eigenvalue weighted by Gasteiger charge is 2.15. The smallest absolute Gasteiger partial charge is 0.165 e. The molecule has 118 valence electrons. The van der Waals surface area contributed by atoms with Gasteiger partial charge in [0.1, 0.15) is 5.69 Å². The Morgan fingerprint density at radius 1 is 0.680 bits per heavy atom. The van der Waals surface area contributed by atoms with Gasteiger partial charge in [-0.15, -0.1) is 0 Å². The number of imidazole rings is 1. The monoisotopic (exact) mass is 322 g/mol. The Kier molecular flexibility index (Phi) is 3.07. The van der Waals surface area contributed by atoms with Gasteiger partial charge in [0, 0.05) is 11.8 Å². The van der Waals surface area contributed by atoms with Crippen LogP contribution in [-0.4, -0.2) is 19.4 Å². The van der Waals surface area contributed by atoms with Crippen molar-refractivity contribution in [3.05, 3.63) is 85.2 Å². The second-order valence-corrected chi connectivity index (χ2v) is 5.85. The first kappa shape index (κ1) is 13.9. The molecule has 0 atom stereocenters. The minimum Gasteiger partial charge on any atom is -0.298 e. The molecule has 25 heavy (non-hydrogen) atoms. The van der Waals surface area contributed by atoms with Crippen LogP contribution in [0, 0.1) is 0 Å². The third kappa shape index (κ3) is 2.27. The van der Waals surface area contributed by atoms with E-state index in [0.29, 0.717) is 0 Å². The van der Waals surface area contributed by atoms with E-state index < -0.39 is 0 Å². The second kappa shape index (κ2) is 5.53. The molecule has 5 aromatic rings. The summed E-state index contributed by atoms with van der Waals surface area (Å²) in [5.74, 6) is 0.799. The molecule has 3 heterocycles. The summed E-state index contributed by atoms with van der Waals surface area (Å²) in [7, 11) is 0. The normalized spacial score (nSPS) is 11.2. The van der Waals surface area contributed by atoms with Gasteiger partial charge in [0.15, 0.2) is 5.82 Å². The first-order valence-electron chi connectivity index (χ1n) is 8.15. The number of aromatic nitrogens is 4. The Hall–Kier alpha value is -3.53. The zero-order chi connectivity index (χ0) is 16.6. The third-order valence-electron chi connectivity index (χ3n) is 4.27. The van der Waals surface area contributed by atoms with Crippen LogP contribution in [0.15, 0.2) is 85.2 Å². The average Bonchev–Trinajstić information content (AvgIpc) is 3.08. The van der Waals surface area contributed by atoms with Crippen LogP contribution in [0.25, 0.3) is 39.3 Å². The summed E-state index contributed by atoms with van der Waals surface area (Å²) >= 11 is 0. The molecule has 0 aliphatic heterocycles. The van der Waals surface area contributed by atoms with Crippen molar-refractivity contribution in [2.45, 2.75) is 0 Å². The fraction of sp³-hybridized carbons (Fsp3) is 0. The van der Waals surface area contributed by atoms with Crippen LogP contribution in [0.5, 0.6) is 0 Å². The molecule has 0 amide bonds. The minimum absolute atomic E-state index is 0.766. The summed E-state index contributed by atoms with van der Waals surface area (Å²) in [5.41, 5.74) is 5.61. The summed E-state index contributed by atoms with van der Waals surface area (Å²) < 4.78 is 2.07. The molecule has 0 bridgehead atoms. The number of para-hydroxylation sites is 2. The molecular formula is C21H14N4. The van der Waals surface area contributed by atoms with Crippen LogP contribution >= 0.6 is 0 Å². The van der Waals surface area contributed by atoms with Crippen molar-refractivity contribution >= 4 is 16.6 Å². The molecule has 3 aromatic heterocycles. The molecule has 5 rings (SSSR count). The Morgan fingerprint density at radius 2 is 1.44 bits per heavy atom. The van der Waals surface area contributed by atoms with Gasteiger partial charge < -0.3 is 0 Å². The highest BCUT2D eigenvalue weighted by molar-refractivity contribution is 5.82. The molecule has 4 nitrogen and oxygen atoms in total. The number of hydrogen-bond acceptors (Lipinski definition) is 3. The van der Waals surface area contributed by atoms with Gasteiger partial charge in [0.25, 0.3) is 0 Å². The van der Waals surface area contributed by atoms with Gasteiger partial charge in [-0.1, -0.05) is 48.5 Å². The highest BCUT2D eigenvalue weighted by atomic mass is 15.0. The molecule has 0 N–H and O–H groups in total. The fourth-order valence-electron chi connectivity index (χ4n) is 3.09. The second-order valence-electron chi connectivity index (χ2n) is 5.85. The van der Waals surface area contributed by atoms with Crippen LogP contribution in [0.3, 0.4) is 0 Å². The maximum absolute atomic E-state index is 4.90. The summed E-state index contributed by atoms with van der Waals surface area (Å²) in [6.45, 7) is 0. The van der Waals surface area contributed by atoms with E-state index in [1.807, 2.05) is 60.8 Å². The predicted octanol–water partition coefficient (Wildman–Crippen LogP) is 4.61. The molecule has 0 saturated heterocycles. The number of pyridine rings is 1. The van der Waals surface area contributed by atoms with Crippen LogP contribution in [0.2, 0.25) is 0 Å². The van der Waals surface area contributed by atoms with Gasteiger partial charge in [-0.3, -0.25) is 9.38 Å². The van der Waals surface area contributed by atoms with Crippen molar-refractivity contribution in [1.82, 2.24) is 19.4 Å². The van der Waals surface area contributed by atoms with E-state index in [4.69, 9.17) is 9.97 Å². The van der Waals surface area contributed by atoms with Crippen LogP contribution in [0.4, 0.5) is 0 Å². The first-order chi connectivity index (χ1) is 12.4. The quantitative estimate of drug-likeness (QED) is 0.476. The highest BCUT2D eigenvalue weighted by Crippen LogP contribution is 2.29. The Balaban J connectivity index is 1.78. The van der Waals surface area contributed by atoms with Crippen LogP contribution < -0.4 is 0 Å².